The monoisotopic (exact) mass is 321 g/mol. The quantitative estimate of drug-likeness (QED) is 0.797. The van der Waals surface area contributed by atoms with Crippen molar-refractivity contribution in [1.82, 2.24) is 15.1 Å². The lowest BCUT2D eigenvalue weighted by Crippen LogP contribution is -2.51. The molecule has 1 heterocycles. The van der Waals surface area contributed by atoms with Gasteiger partial charge < -0.3 is 15.1 Å². The van der Waals surface area contributed by atoms with E-state index in [0.717, 1.165) is 13.0 Å². The molecule has 1 aromatic rings. The standard InChI is InChI=1S/C17H24FN3O2/c1-19-8-4-7-16(22)20-9-11-21(12-10-20)17(23)13-14-5-2-3-6-15(14)18/h2-3,5-6,19H,4,7-13H2,1H3. The van der Waals surface area contributed by atoms with E-state index in [0.29, 0.717) is 38.2 Å². The summed E-state index contributed by atoms with van der Waals surface area (Å²) in [5.74, 6) is -0.293. The van der Waals surface area contributed by atoms with Crippen molar-refractivity contribution in [2.24, 2.45) is 0 Å². The van der Waals surface area contributed by atoms with E-state index in [1.807, 2.05) is 11.9 Å². The third kappa shape index (κ3) is 5.03. The molecule has 1 N–H and O–H groups in total. The summed E-state index contributed by atoms with van der Waals surface area (Å²) in [4.78, 5) is 27.8. The molecule has 0 radical (unpaired) electrons. The van der Waals surface area contributed by atoms with Gasteiger partial charge in [0.2, 0.25) is 11.8 Å². The highest BCUT2D eigenvalue weighted by molar-refractivity contribution is 5.80. The summed E-state index contributed by atoms with van der Waals surface area (Å²) in [6.07, 6.45) is 1.43. The summed E-state index contributed by atoms with van der Waals surface area (Å²) < 4.78 is 13.6. The van der Waals surface area contributed by atoms with Crippen LogP contribution >= 0.6 is 0 Å². The van der Waals surface area contributed by atoms with Crippen LogP contribution in [-0.4, -0.2) is 61.4 Å². The minimum atomic E-state index is -0.348. The van der Waals surface area contributed by atoms with Gasteiger partial charge in [0.25, 0.3) is 0 Å². The van der Waals surface area contributed by atoms with E-state index in [1.54, 1.807) is 23.1 Å². The zero-order valence-corrected chi connectivity index (χ0v) is 13.6. The van der Waals surface area contributed by atoms with Crippen molar-refractivity contribution < 1.29 is 14.0 Å². The fraction of sp³-hybridized carbons (Fsp3) is 0.529. The van der Waals surface area contributed by atoms with Crippen LogP contribution in [0.5, 0.6) is 0 Å². The first-order valence-corrected chi connectivity index (χ1v) is 8.05. The number of piperazine rings is 1. The largest absolute Gasteiger partial charge is 0.339 e. The molecule has 2 amide bonds. The van der Waals surface area contributed by atoms with Gasteiger partial charge in [-0.1, -0.05) is 18.2 Å². The predicted molar refractivity (Wildman–Crippen MR) is 86.4 cm³/mol. The molecule has 1 fully saturated rings. The zero-order chi connectivity index (χ0) is 16.7. The van der Waals surface area contributed by atoms with Gasteiger partial charge in [-0.25, -0.2) is 4.39 Å². The molecule has 0 atom stereocenters. The number of hydrogen-bond donors (Lipinski definition) is 1. The second-order valence-corrected chi connectivity index (χ2v) is 5.74. The van der Waals surface area contributed by atoms with Crippen molar-refractivity contribution in [1.29, 1.82) is 0 Å². The van der Waals surface area contributed by atoms with Crippen molar-refractivity contribution in [3.8, 4) is 0 Å². The zero-order valence-electron chi connectivity index (χ0n) is 13.6. The number of carbonyl (C=O) groups excluding carboxylic acids is 2. The van der Waals surface area contributed by atoms with Crippen LogP contribution in [0.1, 0.15) is 18.4 Å². The second kappa shape index (κ2) is 8.62. The minimum Gasteiger partial charge on any atom is -0.339 e. The summed E-state index contributed by atoms with van der Waals surface area (Å²) in [6, 6.07) is 6.34. The number of amides is 2. The van der Waals surface area contributed by atoms with E-state index in [1.165, 1.54) is 6.07 Å². The number of halogens is 1. The molecule has 0 aromatic heterocycles. The van der Waals surface area contributed by atoms with Gasteiger partial charge >= 0.3 is 0 Å². The molecule has 0 aliphatic carbocycles. The highest BCUT2D eigenvalue weighted by atomic mass is 19.1. The average Bonchev–Trinajstić information content (AvgIpc) is 2.57. The summed E-state index contributed by atoms with van der Waals surface area (Å²) in [6.45, 7) is 2.98. The van der Waals surface area contributed by atoms with Crippen molar-refractivity contribution in [2.75, 3.05) is 39.8 Å². The van der Waals surface area contributed by atoms with Crippen LogP contribution in [0.3, 0.4) is 0 Å². The van der Waals surface area contributed by atoms with Crippen LogP contribution in [0.4, 0.5) is 4.39 Å². The molecule has 1 aliphatic heterocycles. The summed E-state index contributed by atoms with van der Waals surface area (Å²) >= 11 is 0. The molecular weight excluding hydrogens is 297 g/mol. The maximum atomic E-state index is 13.6. The van der Waals surface area contributed by atoms with Gasteiger partial charge in [0.05, 0.1) is 6.42 Å². The van der Waals surface area contributed by atoms with Gasteiger partial charge in [0.15, 0.2) is 0 Å². The van der Waals surface area contributed by atoms with Gasteiger partial charge in [0.1, 0.15) is 5.82 Å². The van der Waals surface area contributed by atoms with E-state index in [2.05, 4.69) is 5.32 Å². The molecule has 0 bridgehead atoms. The molecule has 1 aliphatic rings. The lowest BCUT2D eigenvalue weighted by molar-refractivity contribution is -0.139. The van der Waals surface area contributed by atoms with Crippen molar-refractivity contribution in [3.63, 3.8) is 0 Å². The Morgan fingerprint density at radius 3 is 2.30 bits per heavy atom. The van der Waals surface area contributed by atoms with Crippen molar-refractivity contribution in [2.45, 2.75) is 19.3 Å². The highest BCUT2D eigenvalue weighted by Crippen LogP contribution is 2.11. The SMILES string of the molecule is CNCCCC(=O)N1CCN(C(=O)Cc2ccccc2F)CC1. The predicted octanol–water partition coefficient (Wildman–Crippen LogP) is 1.04. The number of hydrogen-bond acceptors (Lipinski definition) is 3. The highest BCUT2D eigenvalue weighted by Gasteiger charge is 2.24. The van der Waals surface area contributed by atoms with Gasteiger partial charge in [-0.05, 0) is 31.6 Å². The molecule has 0 spiro atoms. The van der Waals surface area contributed by atoms with Crippen LogP contribution in [0.15, 0.2) is 24.3 Å². The van der Waals surface area contributed by atoms with Crippen LogP contribution in [0.2, 0.25) is 0 Å². The van der Waals surface area contributed by atoms with E-state index < -0.39 is 0 Å². The molecule has 126 valence electrons. The summed E-state index contributed by atoms with van der Waals surface area (Å²) in [7, 11) is 1.87. The Bertz CT molecular complexity index is 542. The van der Waals surface area contributed by atoms with Gasteiger partial charge in [-0.15, -0.1) is 0 Å². The number of nitrogens with one attached hydrogen (secondary N) is 1. The number of benzene rings is 1. The van der Waals surface area contributed by atoms with Gasteiger partial charge in [-0.3, -0.25) is 9.59 Å². The molecule has 0 unspecified atom stereocenters. The van der Waals surface area contributed by atoms with Crippen LogP contribution in [0, 0.1) is 5.82 Å². The number of nitrogens with zero attached hydrogens (tertiary/aromatic N) is 2. The third-order valence-electron chi connectivity index (χ3n) is 4.10. The maximum absolute atomic E-state index is 13.6. The Morgan fingerprint density at radius 2 is 1.70 bits per heavy atom. The fourth-order valence-corrected chi connectivity index (χ4v) is 2.70. The minimum absolute atomic E-state index is 0.0722. The van der Waals surface area contributed by atoms with Gasteiger partial charge in [0, 0.05) is 32.6 Å². The summed E-state index contributed by atoms with van der Waals surface area (Å²) in [5.41, 5.74) is 0.420. The van der Waals surface area contributed by atoms with Crippen LogP contribution < -0.4 is 5.32 Å². The van der Waals surface area contributed by atoms with Crippen LogP contribution in [-0.2, 0) is 16.0 Å². The Labute approximate surface area is 136 Å². The first-order chi connectivity index (χ1) is 11.1. The summed E-state index contributed by atoms with van der Waals surface area (Å²) in [5, 5.41) is 3.02. The molecule has 6 heteroatoms. The molecular formula is C17H24FN3O2. The van der Waals surface area contributed by atoms with E-state index in [-0.39, 0.29) is 24.1 Å². The van der Waals surface area contributed by atoms with Crippen molar-refractivity contribution >= 4 is 11.8 Å². The third-order valence-corrected chi connectivity index (χ3v) is 4.10. The van der Waals surface area contributed by atoms with E-state index >= 15 is 0 Å². The van der Waals surface area contributed by atoms with Crippen LogP contribution in [0.25, 0.3) is 0 Å². The molecule has 5 nitrogen and oxygen atoms in total. The van der Waals surface area contributed by atoms with Crippen molar-refractivity contribution in [3.05, 3.63) is 35.6 Å². The first kappa shape index (κ1) is 17.4. The first-order valence-electron chi connectivity index (χ1n) is 8.05. The maximum Gasteiger partial charge on any atom is 0.227 e. The molecule has 23 heavy (non-hydrogen) atoms. The lowest BCUT2D eigenvalue weighted by atomic mass is 10.1. The normalized spacial score (nSPS) is 14.9. The topological polar surface area (TPSA) is 52.7 Å². The second-order valence-electron chi connectivity index (χ2n) is 5.74. The van der Waals surface area contributed by atoms with E-state index in [4.69, 9.17) is 0 Å². The smallest absolute Gasteiger partial charge is 0.227 e. The Morgan fingerprint density at radius 1 is 1.09 bits per heavy atom. The molecule has 1 aromatic carbocycles. The number of rotatable bonds is 6. The molecule has 0 saturated carbocycles. The van der Waals surface area contributed by atoms with E-state index in [9.17, 15) is 14.0 Å². The Balaban J connectivity index is 1.78. The fourth-order valence-electron chi connectivity index (χ4n) is 2.70. The Hall–Kier alpha value is -1.95. The van der Waals surface area contributed by atoms with Gasteiger partial charge in [-0.2, -0.15) is 0 Å². The molecule has 2 rings (SSSR count). The Kier molecular flexibility index (Phi) is 6.52. The average molecular weight is 321 g/mol. The number of carbonyl (C=O) groups is 2. The lowest BCUT2D eigenvalue weighted by Gasteiger charge is -2.35. The molecule has 1 saturated heterocycles.